The first-order valence-electron chi connectivity index (χ1n) is 12.4. The van der Waals surface area contributed by atoms with Gasteiger partial charge >= 0.3 is 5.97 Å². The number of carbonyl (C=O) groups is 4. The summed E-state index contributed by atoms with van der Waals surface area (Å²) in [6.07, 6.45) is 3.91. The lowest BCUT2D eigenvalue weighted by molar-refractivity contribution is -0.162. The molecular weight excluding hydrogens is 482 g/mol. The Balaban J connectivity index is 2.13. The summed E-state index contributed by atoms with van der Waals surface area (Å²) in [7, 11) is 1.66. The first-order valence-corrected chi connectivity index (χ1v) is 13.8. The normalized spacial score (nSPS) is 18.7. The van der Waals surface area contributed by atoms with Crippen LogP contribution in [0.25, 0.3) is 0 Å². The van der Waals surface area contributed by atoms with Crippen molar-refractivity contribution in [3.63, 3.8) is 0 Å². The lowest BCUT2D eigenvalue weighted by atomic mass is 9.88. The van der Waals surface area contributed by atoms with E-state index in [0.29, 0.717) is 25.0 Å². The Kier molecular flexibility index (Phi) is 11.9. The van der Waals surface area contributed by atoms with E-state index in [9.17, 15) is 24.3 Å². The highest BCUT2D eigenvalue weighted by atomic mass is 32.2. The van der Waals surface area contributed by atoms with Gasteiger partial charge in [0.15, 0.2) is 11.3 Å². The number of amides is 2. The molecule has 1 aromatic rings. The van der Waals surface area contributed by atoms with Crippen LogP contribution in [-0.4, -0.2) is 76.9 Å². The van der Waals surface area contributed by atoms with Crippen molar-refractivity contribution in [1.29, 1.82) is 0 Å². The SMILES string of the molecule is CC[C@H](C)[C@@H](CON[C@](CCSC)(C(=O)O)C(=O)CCc1ccccc1)N(C)C(=O)[C@@H]1CCC(=O)N1. The largest absolute Gasteiger partial charge is 0.479 e. The van der Waals surface area contributed by atoms with Gasteiger partial charge in [0.2, 0.25) is 11.8 Å². The van der Waals surface area contributed by atoms with E-state index in [2.05, 4.69) is 10.8 Å². The molecule has 0 spiro atoms. The number of aliphatic carboxylic acids is 1. The minimum Gasteiger partial charge on any atom is -0.479 e. The van der Waals surface area contributed by atoms with E-state index >= 15 is 0 Å². The first kappa shape index (κ1) is 29.8. The number of carboxylic acids is 1. The van der Waals surface area contributed by atoms with Crippen LogP contribution < -0.4 is 10.8 Å². The standard InChI is InChI=1S/C26H39N3O6S/c1-5-18(2)21(29(3)24(32)20-12-14-23(31)27-20)17-35-28-26(25(33)34,15-16-36-4)22(30)13-11-19-9-7-6-8-10-19/h6-10,18,20-21,28H,5,11-17H2,1-4H3,(H,27,31)(H,33,34)/t18-,20-,21+,26-/m0/s1. The number of hydroxylamine groups is 1. The lowest BCUT2D eigenvalue weighted by Gasteiger charge is -2.35. The smallest absolute Gasteiger partial charge is 0.333 e. The highest BCUT2D eigenvalue weighted by Gasteiger charge is 2.46. The fourth-order valence-electron chi connectivity index (χ4n) is 4.28. The number of carbonyl (C=O) groups excluding carboxylic acids is 3. The van der Waals surface area contributed by atoms with Gasteiger partial charge in [0.1, 0.15) is 6.04 Å². The molecular formula is C26H39N3O6S. The van der Waals surface area contributed by atoms with Crippen LogP contribution in [0, 0.1) is 5.92 Å². The van der Waals surface area contributed by atoms with Crippen LogP contribution in [0.3, 0.4) is 0 Å². The fourth-order valence-corrected chi connectivity index (χ4v) is 4.79. The van der Waals surface area contributed by atoms with Crippen LogP contribution >= 0.6 is 11.8 Å². The number of nitrogens with zero attached hydrogens (tertiary/aromatic N) is 1. The van der Waals surface area contributed by atoms with E-state index in [-0.39, 0.29) is 43.2 Å². The monoisotopic (exact) mass is 521 g/mol. The van der Waals surface area contributed by atoms with Crippen molar-refractivity contribution < 1.29 is 29.1 Å². The maximum absolute atomic E-state index is 13.3. The maximum Gasteiger partial charge on any atom is 0.333 e. The van der Waals surface area contributed by atoms with Gasteiger partial charge < -0.3 is 15.3 Å². The van der Waals surface area contributed by atoms with Crippen molar-refractivity contribution in [1.82, 2.24) is 15.7 Å². The Morgan fingerprint density at radius 1 is 1.31 bits per heavy atom. The molecule has 1 aliphatic rings. The minimum absolute atomic E-state index is 0.00181. The van der Waals surface area contributed by atoms with E-state index in [1.54, 1.807) is 11.9 Å². The molecule has 1 aliphatic heterocycles. The molecule has 0 aromatic heterocycles. The summed E-state index contributed by atoms with van der Waals surface area (Å²) in [5.74, 6) is -1.60. The van der Waals surface area contributed by atoms with Gasteiger partial charge in [-0.1, -0.05) is 50.6 Å². The molecule has 0 unspecified atom stereocenters. The summed E-state index contributed by atoms with van der Waals surface area (Å²) in [4.78, 5) is 57.5. The molecule has 0 aliphatic carbocycles. The molecule has 1 fully saturated rings. The molecule has 9 nitrogen and oxygen atoms in total. The number of hydrogen-bond donors (Lipinski definition) is 3. The molecule has 10 heteroatoms. The van der Waals surface area contributed by atoms with Gasteiger partial charge in [-0.15, -0.1) is 0 Å². The number of aryl methyl sites for hydroxylation is 1. The molecule has 3 N–H and O–H groups in total. The average Bonchev–Trinajstić information content (AvgIpc) is 3.32. The number of likely N-dealkylation sites (N-methyl/N-ethyl adjacent to an activating group) is 1. The second kappa shape index (κ2) is 14.3. The Morgan fingerprint density at radius 3 is 2.56 bits per heavy atom. The summed E-state index contributed by atoms with van der Waals surface area (Å²) >= 11 is 1.45. The summed E-state index contributed by atoms with van der Waals surface area (Å²) < 4.78 is 0. The zero-order valence-electron chi connectivity index (χ0n) is 21.6. The average molecular weight is 522 g/mol. The molecule has 0 saturated carbocycles. The molecule has 2 amide bonds. The zero-order chi connectivity index (χ0) is 26.7. The number of carboxylic acid groups (broad SMARTS) is 1. The molecule has 36 heavy (non-hydrogen) atoms. The topological polar surface area (TPSA) is 125 Å². The van der Waals surface area contributed by atoms with Crippen LogP contribution in [0.1, 0.15) is 51.5 Å². The predicted molar refractivity (Wildman–Crippen MR) is 139 cm³/mol. The van der Waals surface area contributed by atoms with Gasteiger partial charge in [-0.25, -0.2) is 4.79 Å². The number of rotatable bonds is 16. The maximum atomic E-state index is 13.3. The van der Waals surface area contributed by atoms with Crippen molar-refractivity contribution in [3.05, 3.63) is 35.9 Å². The van der Waals surface area contributed by atoms with Gasteiger partial charge in [0, 0.05) is 19.9 Å². The van der Waals surface area contributed by atoms with E-state index in [4.69, 9.17) is 4.84 Å². The molecule has 0 radical (unpaired) electrons. The van der Waals surface area contributed by atoms with Crippen LogP contribution in [0.5, 0.6) is 0 Å². The molecule has 4 atom stereocenters. The molecule has 1 aromatic carbocycles. The number of hydrogen-bond acceptors (Lipinski definition) is 7. The van der Waals surface area contributed by atoms with Crippen molar-refractivity contribution in [2.75, 3.05) is 25.7 Å². The quantitative estimate of drug-likeness (QED) is 0.224. The van der Waals surface area contributed by atoms with Crippen LogP contribution in [0.4, 0.5) is 0 Å². The molecule has 1 heterocycles. The van der Waals surface area contributed by atoms with E-state index in [0.717, 1.165) is 12.0 Å². The van der Waals surface area contributed by atoms with Crippen LogP contribution in [0.2, 0.25) is 0 Å². The third-order valence-corrected chi connectivity index (χ3v) is 7.56. The summed E-state index contributed by atoms with van der Waals surface area (Å²) in [5.41, 5.74) is 1.68. The van der Waals surface area contributed by atoms with Gasteiger partial charge in [-0.05, 0) is 42.8 Å². The van der Waals surface area contributed by atoms with E-state index in [1.165, 1.54) is 11.8 Å². The van der Waals surface area contributed by atoms with Gasteiger partial charge in [-0.3, -0.25) is 19.2 Å². The number of ketones is 1. The fraction of sp³-hybridized carbons (Fsp3) is 0.615. The number of Topliss-reactive ketones (excluding diaryl/α,β-unsaturated/α-hetero) is 1. The van der Waals surface area contributed by atoms with Gasteiger partial charge in [-0.2, -0.15) is 17.2 Å². The van der Waals surface area contributed by atoms with E-state index < -0.39 is 23.3 Å². The van der Waals surface area contributed by atoms with Crippen LogP contribution in [0.15, 0.2) is 30.3 Å². The summed E-state index contributed by atoms with van der Waals surface area (Å²) in [6, 6.07) is 8.50. The number of benzene rings is 1. The van der Waals surface area contributed by atoms with Crippen molar-refractivity contribution in [3.8, 4) is 0 Å². The Hall–Kier alpha value is -2.43. The predicted octanol–water partition coefficient (Wildman–Crippen LogP) is 2.44. The lowest BCUT2D eigenvalue weighted by Crippen LogP contribution is -2.60. The van der Waals surface area contributed by atoms with E-state index in [1.807, 2.05) is 50.4 Å². The highest BCUT2D eigenvalue weighted by molar-refractivity contribution is 7.98. The molecule has 2 rings (SSSR count). The second-order valence-corrected chi connectivity index (χ2v) is 10.3. The Bertz CT molecular complexity index is 899. The minimum atomic E-state index is -1.89. The highest BCUT2D eigenvalue weighted by Crippen LogP contribution is 2.22. The van der Waals surface area contributed by atoms with Crippen LogP contribution in [-0.2, 0) is 30.4 Å². The van der Waals surface area contributed by atoms with Crippen molar-refractivity contribution in [2.24, 2.45) is 5.92 Å². The van der Waals surface area contributed by atoms with Crippen molar-refractivity contribution in [2.45, 2.75) is 70.0 Å². The third kappa shape index (κ3) is 7.78. The second-order valence-electron chi connectivity index (χ2n) is 9.34. The van der Waals surface area contributed by atoms with Gasteiger partial charge in [0.05, 0.1) is 12.6 Å². The summed E-state index contributed by atoms with van der Waals surface area (Å²) in [6.45, 7) is 3.97. The zero-order valence-corrected chi connectivity index (χ0v) is 22.4. The molecule has 0 bridgehead atoms. The third-order valence-electron chi connectivity index (χ3n) is 6.95. The number of thioether (sulfide) groups is 1. The van der Waals surface area contributed by atoms with Gasteiger partial charge in [0.25, 0.3) is 0 Å². The number of nitrogens with one attached hydrogen (secondary N) is 2. The molecule has 200 valence electrons. The molecule has 1 saturated heterocycles. The Morgan fingerprint density at radius 2 is 2.00 bits per heavy atom. The Labute approximate surface area is 217 Å². The first-order chi connectivity index (χ1) is 17.2. The van der Waals surface area contributed by atoms with Crippen molar-refractivity contribution >= 4 is 35.3 Å². The summed E-state index contributed by atoms with van der Waals surface area (Å²) in [5, 5.41) is 12.8.